The fourth-order valence-corrected chi connectivity index (χ4v) is 2.26. The number of carbonyl (C=O) groups excluding carboxylic acids is 1. The average molecular weight is 328 g/mol. The number of rotatable bonds is 7. The SMILES string of the molecule is CCOC(C)CN(C)C(=O)Nc1ccc(Oc2ccccc2)cc1. The number of carbonyl (C=O) groups is 1. The molecule has 1 atom stereocenters. The Kier molecular flexibility index (Phi) is 6.63. The first-order chi connectivity index (χ1) is 11.6. The van der Waals surface area contributed by atoms with Gasteiger partial charge in [0.1, 0.15) is 11.5 Å². The second kappa shape index (κ2) is 8.93. The Labute approximate surface area is 143 Å². The van der Waals surface area contributed by atoms with Crippen LogP contribution in [0.1, 0.15) is 13.8 Å². The van der Waals surface area contributed by atoms with Crippen LogP contribution in [-0.2, 0) is 4.74 Å². The molecule has 0 radical (unpaired) electrons. The highest BCUT2D eigenvalue weighted by Crippen LogP contribution is 2.22. The van der Waals surface area contributed by atoms with Crippen molar-refractivity contribution in [1.29, 1.82) is 0 Å². The number of nitrogens with one attached hydrogen (secondary N) is 1. The summed E-state index contributed by atoms with van der Waals surface area (Å²) in [6.07, 6.45) is 0.00685. The lowest BCUT2D eigenvalue weighted by molar-refractivity contribution is 0.0594. The Bertz CT molecular complexity index is 629. The molecule has 0 bridgehead atoms. The van der Waals surface area contributed by atoms with Gasteiger partial charge in [0.2, 0.25) is 0 Å². The van der Waals surface area contributed by atoms with Crippen LogP contribution in [0.25, 0.3) is 0 Å². The Morgan fingerprint density at radius 1 is 1.08 bits per heavy atom. The van der Waals surface area contributed by atoms with E-state index in [0.29, 0.717) is 13.2 Å². The number of hydrogen-bond acceptors (Lipinski definition) is 3. The van der Waals surface area contributed by atoms with E-state index in [2.05, 4.69) is 5.32 Å². The predicted molar refractivity (Wildman–Crippen MR) is 95.7 cm³/mol. The fourth-order valence-electron chi connectivity index (χ4n) is 2.26. The first kappa shape index (κ1) is 17.8. The lowest BCUT2D eigenvalue weighted by Crippen LogP contribution is -2.37. The molecule has 2 aromatic carbocycles. The minimum atomic E-state index is -0.168. The van der Waals surface area contributed by atoms with Gasteiger partial charge in [-0.05, 0) is 50.2 Å². The molecule has 2 aromatic rings. The summed E-state index contributed by atoms with van der Waals surface area (Å²) in [6.45, 7) is 5.06. The van der Waals surface area contributed by atoms with E-state index in [9.17, 15) is 4.79 Å². The van der Waals surface area contributed by atoms with Crippen molar-refractivity contribution in [3.8, 4) is 11.5 Å². The van der Waals surface area contributed by atoms with Crippen molar-refractivity contribution in [3.63, 3.8) is 0 Å². The van der Waals surface area contributed by atoms with Crippen molar-refractivity contribution < 1.29 is 14.3 Å². The second-order valence-corrected chi connectivity index (χ2v) is 5.52. The summed E-state index contributed by atoms with van der Waals surface area (Å²) in [5, 5.41) is 2.86. The summed E-state index contributed by atoms with van der Waals surface area (Å²) in [5.74, 6) is 1.50. The first-order valence-electron chi connectivity index (χ1n) is 8.05. The molecular weight excluding hydrogens is 304 g/mol. The van der Waals surface area contributed by atoms with Crippen molar-refractivity contribution in [2.75, 3.05) is 25.5 Å². The van der Waals surface area contributed by atoms with Gasteiger partial charge in [0.05, 0.1) is 6.10 Å². The minimum Gasteiger partial charge on any atom is -0.457 e. The Balaban J connectivity index is 1.88. The molecule has 1 unspecified atom stereocenters. The van der Waals surface area contributed by atoms with Gasteiger partial charge >= 0.3 is 6.03 Å². The number of hydrogen-bond donors (Lipinski definition) is 1. The number of nitrogens with zero attached hydrogens (tertiary/aromatic N) is 1. The number of urea groups is 1. The van der Waals surface area contributed by atoms with Gasteiger partial charge in [0.15, 0.2) is 0 Å². The molecule has 0 spiro atoms. The number of ether oxygens (including phenoxy) is 2. The lowest BCUT2D eigenvalue weighted by atomic mass is 10.3. The molecule has 0 aliphatic carbocycles. The third-order valence-electron chi connectivity index (χ3n) is 3.41. The van der Waals surface area contributed by atoms with E-state index in [0.717, 1.165) is 17.2 Å². The molecule has 0 heterocycles. The van der Waals surface area contributed by atoms with Crippen LogP contribution in [-0.4, -0.2) is 37.2 Å². The van der Waals surface area contributed by atoms with Crippen LogP contribution in [0.4, 0.5) is 10.5 Å². The highest BCUT2D eigenvalue weighted by Gasteiger charge is 2.12. The van der Waals surface area contributed by atoms with Crippen LogP contribution >= 0.6 is 0 Å². The van der Waals surface area contributed by atoms with Gasteiger partial charge in [0, 0.05) is 25.9 Å². The maximum atomic E-state index is 12.2. The molecule has 2 rings (SSSR count). The zero-order valence-electron chi connectivity index (χ0n) is 14.4. The van der Waals surface area contributed by atoms with Crippen LogP contribution in [0.15, 0.2) is 54.6 Å². The number of amides is 2. The molecule has 0 aliphatic rings. The first-order valence-corrected chi connectivity index (χ1v) is 8.05. The van der Waals surface area contributed by atoms with E-state index in [1.807, 2.05) is 68.4 Å². The van der Waals surface area contributed by atoms with Crippen molar-refractivity contribution in [3.05, 3.63) is 54.6 Å². The summed E-state index contributed by atoms with van der Waals surface area (Å²) in [7, 11) is 1.75. The Morgan fingerprint density at radius 3 is 2.33 bits per heavy atom. The topological polar surface area (TPSA) is 50.8 Å². The maximum Gasteiger partial charge on any atom is 0.321 e. The lowest BCUT2D eigenvalue weighted by Gasteiger charge is -2.22. The molecule has 0 saturated carbocycles. The third-order valence-corrected chi connectivity index (χ3v) is 3.41. The van der Waals surface area contributed by atoms with Crippen LogP contribution in [0, 0.1) is 0 Å². The van der Waals surface area contributed by atoms with Gasteiger partial charge in [-0.1, -0.05) is 18.2 Å². The van der Waals surface area contributed by atoms with Crippen LogP contribution in [0.5, 0.6) is 11.5 Å². The van der Waals surface area contributed by atoms with Crippen molar-refractivity contribution >= 4 is 11.7 Å². The monoisotopic (exact) mass is 328 g/mol. The van der Waals surface area contributed by atoms with Gasteiger partial charge in [0.25, 0.3) is 0 Å². The van der Waals surface area contributed by atoms with Gasteiger partial charge in [-0.3, -0.25) is 0 Å². The Hall–Kier alpha value is -2.53. The van der Waals surface area contributed by atoms with Crippen molar-refractivity contribution in [1.82, 2.24) is 4.90 Å². The van der Waals surface area contributed by atoms with Crippen LogP contribution < -0.4 is 10.1 Å². The highest BCUT2D eigenvalue weighted by atomic mass is 16.5. The zero-order chi connectivity index (χ0) is 17.4. The number of benzene rings is 2. The van der Waals surface area contributed by atoms with E-state index in [1.54, 1.807) is 11.9 Å². The number of anilines is 1. The van der Waals surface area contributed by atoms with E-state index < -0.39 is 0 Å². The maximum absolute atomic E-state index is 12.2. The van der Waals surface area contributed by atoms with Gasteiger partial charge in [-0.15, -0.1) is 0 Å². The molecular formula is C19H24N2O3. The fraction of sp³-hybridized carbons (Fsp3) is 0.316. The predicted octanol–water partition coefficient (Wildman–Crippen LogP) is 4.37. The van der Waals surface area contributed by atoms with Gasteiger partial charge in [-0.2, -0.15) is 0 Å². The quantitative estimate of drug-likeness (QED) is 0.821. The summed E-state index contributed by atoms with van der Waals surface area (Å²) in [4.78, 5) is 13.8. The molecule has 5 heteroatoms. The second-order valence-electron chi connectivity index (χ2n) is 5.52. The van der Waals surface area contributed by atoms with Crippen LogP contribution in [0.3, 0.4) is 0 Å². The Morgan fingerprint density at radius 2 is 1.71 bits per heavy atom. The van der Waals surface area contributed by atoms with Crippen molar-refractivity contribution in [2.45, 2.75) is 20.0 Å². The summed E-state index contributed by atoms with van der Waals surface area (Å²) in [6, 6.07) is 16.7. The van der Waals surface area contributed by atoms with E-state index in [-0.39, 0.29) is 12.1 Å². The molecule has 128 valence electrons. The molecule has 0 fully saturated rings. The number of likely N-dealkylation sites (N-methyl/N-ethyl adjacent to an activating group) is 1. The average Bonchev–Trinajstić information content (AvgIpc) is 2.57. The minimum absolute atomic E-state index is 0.00685. The third kappa shape index (κ3) is 5.59. The van der Waals surface area contributed by atoms with Crippen LogP contribution in [0.2, 0.25) is 0 Å². The smallest absolute Gasteiger partial charge is 0.321 e. The largest absolute Gasteiger partial charge is 0.457 e. The molecule has 2 amide bonds. The van der Waals surface area contributed by atoms with Gasteiger partial charge in [-0.25, -0.2) is 4.79 Å². The standard InChI is InChI=1S/C19H24N2O3/c1-4-23-15(2)14-21(3)19(22)20-16-10-12-18(13-11-16)24-17-8-6-5-7-9-17/h5-13,15H,4,14H2,1-3H3,(H,20,22). The molecule has 0 aliphatic heterocycles. The normalized spacial score (nSPS) is 11.6. The molecule has 0 aromatic heterocycles. The van der Waals surface area contributed by atoms with Gasteiger partial charge < -0.3 is 19.7 Å². The van der Waals surface area contributed by atoms with E-state index in [1.165, 1.54) is 0 Å². The highest BCUT2D eigenvalue weighted by molar-refractivity contribution is 5.89. The number of para-hydroxylation sites is 1. The molecule has 5 nitrogen and oxygen atoms in total. The zero-order valence-corrected chi connectivity index (χ0v) is 14.4. The summed E-state index contributed by atoms with van der Waals surface area (Å²) < 4.78 is 11.2. The molecule has 24 heavy (non-hydrogen) atoms. The van der Waals surface area contributed by atoms with Crippen molar-refractivity contribution in [2.24, 2.45) is 0 Å². The van der Waals surface area contributed by atoms with E-state index >= 15 is 0 Å². The van der Waals surface area contributed by atoms with E-state index in [4.69, 9.17) is 9.47 Å². The molecule has 1 N–H and O–H groups in total. The molecule has 0 saturated heterocycles. The summed E-state index contributed by atoms with van der Waals surface area (Å²) in [5.41, 5.74) is 0.719. The summed E-state index contributed by atoms with van der Waals surface area (Å²) >= 11 is 0.